The van der Waals surface area contributed by atoms with Crippen LogP contribution >= 0.6 is 0 Å². The number of aromatic nitrogens is 4. The van der Waals surface area contributed by atoms with Gasteiger partial charge in [0.1, 0.15) is 0 Å². The van der Waals surface area contributed by atoms with Gasteiger partial charge in [-0.1, -0.05) is 5.16 Å². The topological polar surface area (TPSA) is 76.7 Å². The predicted octanol–water partition coefficient (Wildman–Crippen LogP) is 0.568. The van der Waals surface area contributed by atoms with E-state index in [1.807, 2.05) is 0 Å². The number of anilines is 1. The summed E-state index contributed by atoms with van der Waals surface area (Å²) in [5.74, 6) is 0.843. The van der Waals surface area contributed by atoms with E-state index in [1.165, 1.54) is 6.39 Å². The molecule has 0 aliphatic heterocycles. The van der Waals surface area contributed by atoms with Crippen molar-refractivity contribution in [2.45, 2.75) is 0 Å². The molecule has 0 radical (unpaired) electrons. The minimum atomic E-state index is 0.391. The number of hydrogen-bond donors (Lipinski definition) is 1. The first kappa shape index (κ1) is 7.66. The quantitative estimate of drug-likeness (QED) is 0.722. The lowest BCUT2D eigenvalue weighted by atomic mass is 10.5. The zero-order valence-electron chi connectivity index (χ0n) is 6.93. The molecule has 13 heavy (non-hydrogen) atoms. The van der Waals surface area contributed by atoms with Crippen LogP contribution in [0.5, 0.6) is 0 Å². The van der Waals surface area contributed by atoms with Gasteiger partial charge in [0.25, 0.3) is 0 Å². The molecular weight excluding hydrogens is 170 g/mol. The Labute approximate surface area is 74.0 Å². The number of nitrogens with zero attached hydrogens (tertiary/aromatic N) is 4. The van der Waals surface area contributed by atoms with E-state index in [2.05, 4.69) is 29.9 Å². The lowest BCUT2D eigenvalue weighted by Crippen LogP contribution is -1.94. The van der Waals surface area contributed by atoms with E-state index < -0.39 is 0 Å². The van der Waals surface area contributed by atoms with Crippen LogP contribution in [0.25, 0.3) is 11.6 Å². The molecular formula is C7H7N5O. The van der Waals surface area contributed by atoms with Crippen molar-refractivity contribution in [2.75, 3.05) is 12.4 Å². The van der Waals surface area contributed by atoms with Gasteiger partial charge in [-0.2, -0.15) is 4.98 Å². The maximum atomic E-state index is 4.57. The zero-order chi connectivity index (χ0) is 9.10. The highest BCUT2D eigenvalue weighted by Gasteiger charge is 2.04. The average molecular weight is 177 g/mol. The average Bonchev–Trinajstić information content (AvgIpc) is 2.71. The van der Waals surface area contributed by atoms with E-state index in [4.69, 9.17) is 0 Å². The van der Waals surface area contributed by atoms with Crippen molar-refractivity contribution >= 4 is 5.69 Å². The zero-order valence-corrected chi connectivity index (χ0v) is 6.93. The minimum absolute atomic E-state index is 0.391. The molecule has 0 atom stereocenters. The number of hydrogen-bond acceptors (Lipinski definition) is 6. The third-order valence-corrected chi connectivity index (χ3v) is 1.50. The van der Waals surface area contributed by atoms with Gasteiger partial charge >= 0.3 is 0 Å². The molecule has 2 aromatic heterocycles. The van der Waals surface area contributed by atoms with Gasteiger partial charge in [0.2, 0.25) is 18.0 Å². The molecule has 6 nitrogen and oxygen atoms in total. The van der Waals surface area contributed by atoms with Gasteiger partial charge in [-0.25, -0.2) is 9.97 Å². The summed E-state index contributed by atoms with van der Waals surface area (Å²) >= 11 is 0. The lowest BCUT2D eigenvalue weighted by Gasteiger charge is -1.97. The number of rotatable bonds is 2. The lowest BCUT2D eigenvalue weighted by molar-refractivity contribution is 0.418. The second-order valence-electron chi connectivity index (χ2n) is 2.30. The third-order valence-electron chi connectivity index (χ3n) is 1.50. The fourth-order valence-electron chi connectivity index (χ4n) is 0.842. The number of nitrogens with one attached hydrogen (secondary N) is 1. The van der Waals surface area contributed by atoms with Crippen molar-refractivity contribution in [1.29, 1.82) is 0 Å². The largest absolute Gasteiger partial charge is 0.386 e. The van der Waals surface area contributed by atoms with Gasteiger partial charge < -0.3 is 9.84 Å². The molecule has 0 aliphatic carbocycles. The van der Waals surface area contributed by atoms with Crippen LogP contribution < -0.4 is 5.32 Å². The minimum Gasteiger partial charge on any atom is -0.386 e. The summed E-state index contributed by atoms with van der Waals surface area (Å²) in [6, 6.07) is 0. The van der Waals surface area contributed by atoms with E-state index in [0.717, 1.165) is 5.69 Å². The Morgan fingerprint density at radius 2 is 1.92 bits per heavy atom. The monoisotopic (exact) mass is 177 g/mol. The van der Waals surface area contributed by atoms with Crippen LogP contribution in [0.1, 0.15) is 0 Å². The standard InChI is InChI=1S/C7H7N5O/c1-8-5-2-9-6(10-3-5)7-11-4-13-12-7/h2-4,8H,1H3. The van der Waals surface area contributed by atoms with Gasteiger partial charge in [-0.3, -0.25) is 0 Å². The van der Waals surface area contributed by atoms with Crippen molar-refractivity contribution in [3.05, 3.63) is 18.8 Å². The molecule has 0 aromatic carbocycles. The molecule has 2 rings (SSSR count). The van der Waals surface area contributed by atoms with Crippen LogP contribution in [0.4, 0.5) is 5.69 Å². The molecule has 0 fully saturated rings. The van der Waals surface area contributed by atoms with Crippen LogP contribution in [-0.4, -0.2) is 27.2 Å². The van der Waals surface area contributed by atoms with E-state index >= 15 is 0 Å². The van der Waals surface area contributed by atoms with Gasteiger partial charge in [-0.05, 0) is 0 Å². The predicted molar refractivity (Wildman–Crippen MR) is 44.9 cm³/mol. The van der Waals surface area contributed by atoms with Crippen LogP contribution in [-0.2, 0) is 0 Å². The maximum absolute atomic E-state index is 4.57. The highest BCUT2D eigenvalue weighted by Crippen LogP contribution is 2.09. The van der Waals surface area contributed by atoms with Gasteiger partial charge in [0, 0.05) is 7.05 Å². The Balaban J connectivity index is 2.33. The van der Waals surface area contributed by atoms with Crippen LogP contribution in [0.15, 0.2) is 23.3 Å². The molecule has 0 spiro atoms. The highest BCUT2D eigenvalue weighted by atomic mass is 16.5. The smallest absolute Gasteiger partial charge is 0.239 e. The van der Waals surface area contributed by atoms with Gasteiger partial charge in [0.05, 0.1) is 18.1 Å². The first-order valence-corrected chi connectivity index (χ1v) is 3.66. The van der Waals surface area contributed by atoms with E-state index in [9.17, 15) is 0 Å². The van der Waals surface area contributed by atoms with Gasteiger partial charge in [-0.15, -0.1) is 0 Å². The Kier molecular flexibility index (Phi) is 1.87. The molecule has 2 aromatic rings. The summed E-state index contributed by atoms with van der Waals surface area (Å²) in [6.45, 7) is 0. The summed E-state index contributed by atoms with van der Waals surface area (Å²) < 4.78 is 4.57. The molecule has 0 amide bonds. The normalized spacial score (nSPS) is 9.92. The molecule has 0 unspecified atom stereocenters. The van der Waals surface area contributed by atoms with Crippen molar-refractivity contribution in [2.24, 2.45) is 0 Å². The molecule has 0 saturated heterocycles. The second-order valence-corrected chi connectivity index (χ2v) is 2.30. The fraction of sp³-hybridized carbons (Fsp3) is 0.143. The molecule has 1 N–H and O–H groups in total. The van der Waals surface area contributed by atoms with Crippen molar-refractivity contribution in [1.82, 2.24) is 20.1 Å². The summed E-state index contributed by atoms with van der Waals surface area (Å²) in [6.07, 6.45) is 4.54. The van der Waals surface area contributed by atoms with E-state index in [1.54, 1.807) is 19.4 Å². The van der Waals surface area contributed by atoms with Crippen molar-refractivity contribution in [3.63, 3.8) is 0 Å². The second kappa shape index (κ2) is 3.18. The first-order chi connectivity index (χ1) is 6.40. The summed E-state index contributed by atoms with van der Waals surface area (Å²) in [5, 5.41) is 6.52. The van der Waals surface area contributed by atoms with Crippen LogP contribution in [0, 0.1) is 0 Å². The SMILES string of the molecule is CNc1cnc(-c2ncon2)nc1. The Morgan fingerprint density at radius 3 is 2.46 bits per heavy atom. The van der Waals surface area contributed by atoms with E-state index in [-0.39, 0.29) is 0 Å². The first-order valence-electron chi connectivity index (χ1n) is 3.66. The third kappa shape index (κ3) is 1.46. The fourth-order valence-corrected chi connectivity index (χ4v) is 0.842. The Morgan fingerprint density at radius 1 is 1.15 bits per heavy atom. The Bertz CT molecular complexity index is 368. The van der Waals surface area contributed by atoms with Crippen LogP contribution in [0.2, 0.25) is 0 Å². The molecule has 0 saturated carbocycles. The summed E-state index contributed by atoms with van der Waals surface area (Å²) in [4.78, 5) is 11.9. The van der Waals surface area contributed by atoms with Crippen molar-refractivity contribution < 1.29 is 4.52 Å². The van der Waals surface area contributed by atoms with E-state index in [0.29, 0.717) is 11.6 Å². The van der Waals surface area contributed by atoms with Crippen molar-refractivity contribution in [3.8, 4) is 11.6 Å². The van der Waals surface area contributed by atoms with Crippen LogP contribution in [0.3, 0.4) is 0 Å². The molecule has 66 valence electrons. The summed E-state index contributed by atoms with van der Waals surface area (Å²) in [5.41, 5.74) is 0.840. The maximum Gasteiger partial charge on any atom is 0.239 e. The summed E-state index contributed by atoms with van der Waals surface area (Å²) in [7, 11) is 1.80. The molecule has 2 heterocycles. The van der Waals surface area contributed by atoms with Gasteiger partial charge in [0.15, 0.2) is 0 Å². The molecule has 0 bridgehead atoms. The Hall–Kier alpha value is -1.98. The molecule has 0 aliphatic rings. The molecule has 6 heteroatoms. The highest BCUT2D eigenvalue weighted by molar-refractivity contribution is 5.45.